The Morgan fingerprint density at radius 1 is 1.06 bits per heavy atom. The molecule has 9 heteroatoms. The zero-order valence-electron chi connectivity index (χ0n) is 17.9. The number of benzene rings is 3. The summed E-state index contributed by atoms with van der Waals surface area (Å²) in [7, 11) is 1.62. The first-order valence-electron chi connectivity index (χ1n) is 9.99. The molecular formula is C24H20Cl2N4O2S. The Morgan fingerprint density at radius 3 is 2.58 bits per heavy atom. The zero-order chi connectivity index (χ0) is 23.4. The molecule has 0 aliphatic carbocycles. The Labute approximate surface area is 205 Å². The lowest BCUT2D eigenvalue weighted by Gasteiger charge is -2.12. The minimum Gasteiger partial charge on any atom is -0.497 e. The number of amides is 1. The van der Waals surface area contributed by atoms with Crippen LogP contribution in [0.1, 0.15) is 5.56 Å². The van der Waals surface area contributed by atoms with Crippen molar-refractivity contribution in [2.75, 3.05) is 18.2 Å². The van der Waals surface area contributed by atoms with Crippen molar-refractivity contribution in [2.24, 2.45) is 0 Å². The van der Waals surface area contributed by atoms with Crippen LogP contribution in [0.5, 0.6) is 5.75 Å². The lowest BCUT2D eigenvalue weighted by molar-refractivity contribution is -0.113. The normalized spacial score (nSPS) is 10.8. The number of nitrogens with one attached hydrogen (secondary N) is 1. The second-order valence-electron chi connectivity index (χ2n) is 7.17. The molecule has 0 atom stereocenters. The molecular weight excluding hydrogens is 479 g/mol. The van der Waals surface area contributed by atoms with Crippen molar-refractivity contribution in [3.63, 3.8) is 0 Å². The van der Waals surface area contributed by atoms with Gasteiger partial charge in [0, 0.05) is 16.3 Å². The number of carbonyl (C=O) groups is 1. The number of aromatic nitrogens is 3. The summed E-state index contributed by atoms with van der Waals surface area (Å²) < 4.78 is 7.21. The summed E-state index contributed by atoms with van der Waals surface area (Å²) in [5, 5.41) is 13.1. The number of thioether (sulfide) groups is 1. The summed E-state index contributed by atoms with van der Waals surface area (Å²) in [6, 6.07) is 20.6. The summed E-state index contributed by atoms with van der Waals surface area (Å²) in [6.45, 7) is 2.03. The molecule has 6 nitrogen and oxygen atoms in total. The van der Waals surface area contributed by atoms with Crippen LogP contribution < -0.4 is 10.1 Å². The predicted molar refractivity (Wildman–Crippen MR) is 134 cm³/mol. The summed E-state index contributed by atoms with van der Waals surface area (Å²) >= 11 is 13.4. The van der Waals surface area contributed by atoms with E-state index < -0.39 is 0 Å². The van der Waals surface area contributed by atoms with Crippen LogP contribution in [0.15, 0.2) is 71.9 Å². The highest BCUT2D eigenvalue weighted by atomic mass is 35.5. The SMILES string of the molecule is COc1ccc(-n2c(SCC(=O)Nc3cc(Cl)ccc3Cl)nnc2-c2cccc(C)c2)cc1. The first kappa shape index (κ1) is 23.2. The van der Waals surface area contributed by atoms with Crippen molar-refractivity contribution in [1.82, 2.24) is 14.8 Å². The van der Waals surface area contributed by atoms with E-state index in [4.69, 9.17) is 27.9 Å². The molecule has 1 amide bonds. The molecule has 3 aromatic carbocycles. The van der Waals surface area contributed by atoms with Crippen LogP contribution in [0, 0.1) is 6.92 Å². The fourth-order valence-electron chi connectivity index (χ4n) is 3.21. The molecule has 1 N–H and O–H groups in total. The van der Waals surface area contributed by atoms with E-state index in [9.17, 15) is 4.79 Å². The van der Waals surface area contributed by atoms with Gasteiger partial charge in [-0.2, -0.15) is 0 Å². The fraction of sp³-hybridized carbons (Fsp3) is 0.125. The van der Waals surface area contributed by atoms with Gasteiger partial charge in [-0.15, -0.1) is 10.2 Å². The van der Waals surface area contributed by atoms with Crippen LogP contribution in [-0.4, -0.2) is 33.5 Å². The largest absolute Gasteiger partial charge is 0.497 e. The molecule has 0 unspecified atom stereocenters. The molecule has 0 saturated carbocycles. The van der Waals surface area contributed by atoms with Crippen LogP contribution >= 0.6 is 35.0 Å². The predicted octanol–water partition coefficient (Wildman–Crippen LogP) is 6.29. The summed E-state index contributed by atoms with van der Waals surface area (Å²) in [5.74, 6) is 1.32. The summed E-state index contributed by atoms with van der Waals surface area (Å²) in [6.07, 6.45) is 0. The summed E-state index contributed by atoms with van der Waals surface area (Å²) in [4.78, 5) is 12.6. The van der Waals surface area contributed by atoms with E-state index in [0.717, 1.165) is 22.6 Å². The fourth-order valence-corrected chi connectivity index (χ4v) is 4.30. The van der Waals surface area contributed by atoms with E-state index >= 15 is 0 Å². The van der Waals surface area contributed by atoms with Crippen molar-refractivity contribution in [2.45, 2.75) is 12.1 Å². The van der Waals surface area contributed by atoms with Gasteiger partial charge in [-0.1, -0.05) is 58.7 Å². The van der Waals surface area contributed by atoms with Crippen molar-refractivity contribution < 1.29 is 9.53 Å². The van der Waals surface area contributed by atoms with E-state index in [0.29, 0.717) is 26.7 Å². The lowest BCUT2D eigenvalue weighted by atomic mass is 10.1. The lowest BCUT2D eigenvalue weighted by Crippen LogP contribution is -2.15. The van der Waals surface area contributed by atoms with Crippen molar-refractivity contribution in [3.8, 4) is 22.8 Å². The first-order valence-corrected chi connectivity index (χ1v) is 11.7. The van der Waals surface area contributed by atoms with Crippen molar-refractivity contribution in [1.29, 1.82) is 0 Å². The first-order chi connectivity index (χ1) is 15.9. The average Bonchev–Trinajstić information content (AvgIpc) is 3.24. The number of aryl methyl sites for hydroxylation is 1. The van der Waals surface area contributed by atoms with E-state index in [2.05, 4.69) is 15.5 Å². The molecule has 0 spiro atoms. The second kappa shape index (κ2) is 10.3. The van der Waals surface area contributed by atoms with Gasteiger partial charge in [0.25, 0.3) is 0 Å². The molecule has 1 heterocycles. The van der Waals surface area contributed by atoms with Gasteiger partial charge in [0.15, 0.2) is 11.0 Å². The van der Waals surface area contributed by atoms with Gasteiger partial charge in [-0.05, 0) is 55.5 Å². The molecule has 168 valence electrons. The second-order valence-corrected chi connectivity index (χ2v) is 8.96. The number of carbonyl (C=O) groups excluding carboxylic acids is 1. The number of anilines is 1. The standard InChI is InChI=1S/C24H20Cl2N4O2S/c1-15-4-3-5-16(12-15)23-28-29-24(30(23)18-7-9-19(32-2)10-8-18)33-14-22(31)27-21-13-17(25)6-11-20(21)26/h3-13H,14H2,1-2H3,(H,27,31). The number of ether oxygens (including phenoxy) is 1. The van der Waals surface area contributed by atoms with E-state index in [1.54, 1.807) is 25.3 Å². The third-order valence-corrected chi connectivity index (χ3v) is 6.27. The van der Waals surface area contributed by atoms with Crippen LogP contribution in [0.3, 0.4) is 0 Å². The van der Waals surface area contributed by atoms with Gasteiger partial charge in [0.2, 0.25) is 5.91 Å². The topological polar surface area (TPSA) is 69.0 Å². The third kappa shape index (κ3) is 5.50. The van der Waals surface area contributed by atoms with Crippen LogP contribution in [0.25, 0.3) is 17.1 Å². The molecule has 0 aliphatic heterocycles. The Kier molecular flexibility index (Phi) is 7.23. The number of halogens is 2. The maximum absolute atomic E-state index is 12.6. The van der Waals surface area contributed by atoms with Gasteiger partial charge in [0.1, 0.15) is 5.75 Å². The quantitative estimate of drug-likeness (QED) is 0.303. The average molecular weight is 499 g/mol. The highest BCUT2D eigenvalue weighted by Crippen LogP contribution is 2.30. The van der Waals surface area contributed by atoms with Gasteiger partial charge < -0.3 is 10.1 Å². The molecule has 0 bridgehead atoms. The van der Waals surface area contributed by atoms with E-state index in [1.165, 1.54) is 11.8 Å². The van der Waals surface area contributed by atoms with E-state index in [-0.39, 0.29) is 11.7 Å². The minimum absolute atomic E-state index is 0.116. The number of rotatable bonds is 7. The molecule has 0 aliphatic rings. The third-order valence-electron chi connectivity index (χ3n) is 4.78. The van der Waals surface area contributed by atoms with Crippen molar-refractivity contribution >= 4 is 46.6 Å². The zero-order valence-corrected chi connectivity index (χ0v) is 20.2. The molecule has 0 radical (unpaired) electrons. The van der Waals surface area contributed by atoms with Crippen molar-refractivity contribution in [3.05, 3.63) is 82.3 Å². The van der Waals surface area contributed by atoms with E-state index in [1.807, 2.05) is 60.0 Å². The van der Waals surface area contributed by atoms with Gasteiger partial charge in [-0.3, -0.25) is 9.36 Å². The molecule has 33 heavy (non-hydrogen) atoms. The Balaban J connectivity index is 1.62. The molecule has 4 rings (SSSR count). The molecule has 0 fully saturated rings. The van der Waals surface area contributed by atoms with Gasteiger partial charge in [0.05, 0.1) is 23.6 Å². The number of hydrogen-bond donors (Lipinski definition) is 1. The van der Waals surface area contributed by atoms with Gasteiger partial charge >= 0.3 is 0 Å². The van der Waals surface area contributed by atoms with Crippen LogP contribution in [-0.2, 0) is 4.79 Å². The number of methoxy groups -OCH3 is 1. The highest BCUT2D eigenvalue weighted by Gasteiger charge is 2.18. The minimum atomic E-state index is -0.231. The molecule has 0 saturated heterocycles. The Hall–Kier alpha value is -3.00. The molecule has 1 aromatic heterocycles. The maximum Gasteiger partial charge on any atom is 0.234 e. The van der Waals surface area contributed by atoms with Crippen LogP contribution in [0.4, 0.5) is 5.69 Å². The van der Waals surface area contributed by atoms with Crippen LogP contribution in [0.2, 0.25) is 10.0 Å². The highest BCUT2D eigenvalue weighted by molar-refractivity contribution is 7.99. The maximum atomic E-state index is 12.6. The monoisotopic (exact) mass is 498 g/mol. The smallest absolute Gasteiger partial charge is 0.234 e. The number of nitrogens with zero attached hydrogens (tertiary/aromatic N) is 3. The summed E-state index contributed by atoms with van der Waals surface area (Å²) in [5.41, 5.74) is 3.37. The Morgan fingerprint density at radius 2 is 1.85 bits per heavy atom. The number of hydrogen-bond acceptors (Lipinski definition) is 5. The molecule has 4 aromatic rings. The Bertz CT molecular complexity index is 1290. The van der Waals surface area contributed by atoms with Gasteiger partial charge in [-0.25, -0.2) is 0 Å².